The van der Waals surface area contributed by atoms with Gasteiger partial charge in [-0.15, -0.1) is 0 Å². The van der Waals surface area contributed by atoms with Crippen LogP contribution in [0.15, 0.2) is 54.1 Å². The fourth-order valence-corrected chi connectivity index (χ4v) is 2.87. The lowest BCUT2D eigenvalue weighted by Gasteiger charge is -2.29. The number of fused-ring (bicyclic) bond motifs is 1. The van der Waals surface area contributed by atoms with Gasteiger partial charge in [0.05, 0.1) is 11.3 Å². The van der Waals surface area contributed by atoms with E-state index in [1.165, 1.54) is 0 Å². The van der Waals surface area contributed by atoms with Crippen LogP contribution >= 0.6 is 0 Å². The summed E-state index contributed by atoms with van der Waals surface area (Å²) in [6.07, 6.45) is 6.26. The zero-order valence-electron chi connectivity index (χ0n) is 10.7. The molecule has 1 aliphatic carbocycles. The smallest absolute Gasteiger partial charge is 0.238 e. The van der Waals surface area contributed by atoms with E-state index in [2.05, 4.69) is 5.32 Å². The third-order valence-electron chi connectivity index (χ3n) is 3.91. The predicted octanol–water partition coefficient (Wildman–Crippen LogP) is 2.00. The summed E-state index contributed by atoms with van der Waals surface area (Å²) in [6.45, 7) is 1.94. The third kappa shape index (κ3) is 1.82. The molecule has 96 valence electrons. The van der Waals surface area contributed by atoms with Crippen molar-refractivity contribution in [3.8, 4) is 0 Å². The van der Waals surface area contributed by atoms with E-state index in [1.807, 2.05) is 55.5 Å². The summed E-state index contributed by atoms with van der Waals surface area (Å²) in [4.78, 5) is 24.2. The van der Waals surface area contributed by atoms with Gasteiger partial charge in [0.1, 0.15) is 0 Å². The maximum absolute atomic E-state index is 12.2. The van der Waals surface area contributed by atoms with Crippen molar-refractivity contribution in [2.24, 2.45) is 11.3 Å². The number of hydrogen-bond donors (Lipinski definition) is 1. The second kappa shape index (κ2) is 4.19. The number of amides is 2. The molecule has 0 saturated carbocycles. The lowest BCUT2D eigenvalue weighted by Crippen LogP contribution is -2.36. The fourth-order valence-electron chi connectivity index (χ4n) is 2.87. The number of allylic oxidation sites excluding steroid dienone is 2. The third-order valence-corrected chi connectivity index (χ3v) is 3.91. The largest absolute Gasteiger partial charge is 0.295 e. The molecule has 3 nitrogen and oxygen atoms in total. The number of carbonyl (C=O) groups is 2. The summed E-state index contributed by atoms with van der Waals surface area (Å²) in [5.41, 5.74) is 1.34. The standard InChI is InChI=1S/C16H15NO2/c1-11-7-8-16(10-12-5-3-2-4-6-12)13(9-11)14(18)17-15(16)19/h2-9,13H,10H2,1H3,(H,17,18,19). The van der Waals surface area contributed by atoms with Gasteiger partial charge in [0.25, 0.3) is 0 Å². The molecule has 1 aromatic rings. The van der Waals surface area contributed by atoms with Crippen LogP contribution in [0.3, 0.4) is 0 Å². The van der Waals surface area contributed by atoms with Gasteiger partial charge in [-0.1, -0.05) is 54.1 Å². The molecule has 0 spiro atoms. The Bertz CT molecular complexity index is 600. The van der Waals surface area contributed by atoms with Gasteiger partial charge in [0.15, 0.2) is 0 Å². The first kappa shape index (κ1) is 11.9. The van der Waals surface area contributed by atoms with E-state index in [0.29, 0.717) is 6.42 Å². The number of imide groups is 1. The molecule has 0 aromatic heterocycles. The van der Waals surface area contributed by atoms with E-state index in [9.17, 15) is 9.59 Å². The Morgan fingerprint density at radius 3 is 2.68 bits per heavy atom. The van der Waals surface area contributed by atoms with Crippen LogP contribution in [0.5, 0.6) is 0 Å². The number of benzene rings is 1. The summed E-state index contributed by atoms with van der Waals surface area (Å²) in [5.74, 6) is -0.763. The quantitative estimate of drug-likeness (QED) is 0.819. The Morgan fingerprint density at radius 2 is 1.95 bits per heavy atom. The van der Waals surface area contributed by atoms with Crippen molar-refractivity contribution in [2.45, 2.75) is 13.3 Å². The summed E-state index contributed by atoms with van der Waals surface area (Å²) in [6, 6.07) is 9.81. The molecule has 19 heavy (non-hydrogen) atoms. The lowest BCUT2D eigenvalue weighted by molar-refractivity contribution is -0.127. The van der Waals surface area contributed by atoms with E-state index < -0.39 is 5.41 Å². The van der Waals surface area contributed by atoms with Gasteiger partial charge in [-0.25, -0.2) is 0 Å². The van der Waals surface area contributed by atoms with Crippen LogP contribution in [0.25, 0.3) is 0 Å². The van der Waals surface area contributed by atoms with E-state index in [1.54, 1.807) is 0 Å². The Hall–Kier alpha value is -2.16. The number of rotatable bonds is 2. The highest BCUT2D eigenvalue weighted by atomic mass is 16.2. The molecule has 1 heterocycles. The van der Waals surface area contributed by atoms with Gasteiger partial charge >= 0.3 is 0 Å². The first-order valence-corrected chi connectivity index (χ1v) is 6.39. The van der Waals surface area contributed by atoms with Crippen LogP contribution in [0.1, 0.15) is 12.5 Å². The fraction of sp³-hybridized carbons (Fsp3) is 0.250. The van der Waals surface area contributed by atoms with E-state index >= 15 is 0 Å². The Kier molecular flexibility index (Phi) is 2.63. The molecule has 1 saturated heterocycles. The topological polar surface area (TPSA) is 46.2 Å². The summed E-state index contributed by atoms with van der Waals surface area (Å²) < 4.78 is 0. The summed E-state index contributed by atoms with van der Waals surface area (Å²) >= 11 is 0. The van der Waals surface area contributed by atoms with Crippen molar-refractivity contribution in [3.05, 3.63) is 59.7 Å². The maximum atomic E-state index is 12.2. The van der Waals surface area contributed by atoms with Crippen LogP contribution in [-0.2, 0) is 16.0 Å². The van der Waals surface area contributed by atoms with Crippen LogP contribution in [0, 0.1) is 11.3 Å². The lowest BCUT2D eigenvalue weighted by atomic mass is 9.69. The highest BCUT2D eigenvalue weighted by molar-refractivity contribution is 6.09. The molecule has 2 atom stereocenters. The van der Waals surface area contributed by atoms with Crippen molar-refractivity contribution in [1.29, 1.82) is 0 Å². The van der Waals surface area contributed by atoms with Gasteiger partial charge in [0.2, 0.25) is 11.8 Å². The summed E-state index contributed by atoms with van der Waals surface area (Å²) in [5, 5.41) is 2.47. The molecule has 2 unspecified atom stereocenters. The molecule has 1 aromatic carbocycles. The minimum atomic E-state index is -0.752. The Morgan fingerprint density at radius 1 is 1.21 bits per heavy atom. The number of carbonyl (C=O) groups excluding carboxylic acids is 2. The summed E-state index contributed by atoms with van der Waals surface area (Å²) in [7, 11) is 0. The van der Waals surface area contributed by atoms with Crippen LogP contribution in [0.4, 0.5) is 0 Å². The highest BCUT2D eigenvalue weighted by Crippen LogP contribution is 2.42. The molecule has 1 N–H and O–H groups in total. The van der Waals surface area contributed by atoms with Crippen molar-refractivity contribution in [3.63, 3.8) is 0 Å². The van der Waals surface area contributed by atoms with E-state index in [4.69, 9.17) is 0 Å². The van der Waals surface area contributed by atoms with Crippen molar-refractivity contribution >= 4 is 11.8 Å². The average molecular weight is 253 g/mol. The molecule has 1 aliphatic heterocycles. The van der Waals surface area contributed by atoms with Crippen molar-refractivity contribution in [1.82, 2.24) is 5.32 Å². The molecule has 1 fully saturated rings. The monoisotopic (exact) mass is 253 g/mol. The van der Waals surface area contributed by atoms with Crippen molar-refractivity contribution < 1.29 is 9.59 Å². The molecular formula is C16H15NO2. The zero-order valence-corrected chi connectivity index (χ0v) is 10.7. The minimum Gasteiger partial charge on any atom is -0.295 e. The van der Waals surface area contributed by atoms with Crippen LogP contribution in [-0.4, -0.2) is 11.8 Å². The van der Waals surface area contributed by atoms with Crippen molar-refractivity contribution in [2.75, 3.05) is 0 Å². The molecule has 2 amide bonds. The van der Waals surface area contributed by atoms with Crippen LogP contribution < -0.4 is 5.32 Å². The number of nitrogens with one attached hydrogen (secondary N) is 1. The predicted molar refractivity (Wildman–Crippen MR) is 72.1 cm³/mol. The normalized spacial score (nSPS) is 28.9. The SMILES string of the molecule is CC1=CC2C(=O)NC(=O)C2(Cc2ccccc2)C=C1. The van der Waals surface area contributed by atoms with Gasteiger partial charge in [-0.05, 0) is 18.9 Å². The molecular weight excluding hydrogens is 238 g/mol. The van der Waals surface area contributed by atoms with Gasteiger partial charge in [0, 0.05) is 0 Å². The average Bonchev–Trinajstić information content (AvgIpc) is 2.64. The van der Waals surface area contributed by atoms with E-state index in [0.717, 1.165) is 11.1 Å². The van der Waals surface area contributed by atoms with Gasteiger partial charge in [-0.2, -0.15) is 0 Å². The maximum Gasteiger partial charge on any atom is 0.238 e. The van der Waals surface area contributed by atoms with Crippen LogP contribution in [0.2, 0.25) is 0 Å². The second-order valence-electron chi connectivity index (χ2n) is 5.24. The second-order valence-corrected chi connectivity index (χ2v) is 5.24. The zero-order chi connectivity index (χ0) is 13.5. The molecule has 2 aliphatic rings. The minimum absolute atomic E-state index is 0.189. The Labute approximate surface area is 112 Å². The molecule has 3 heteroatoms. The highest BCUT2D eigenvalue weighted by Gasteiger charge is 2.53. The van der Waals surface area contributed by atoms with Gasteiger partial charge < -0.3 is 0 Å². The van der Waals surface area contributed by atoms with E-state index in [-0.39, 0.29) is 17.7 Å². The number of hydrogen-bond acceptors (Lipinski definition) is 2. The van der Waals surface area contributed by atoms with Gasteiger partial charge in [-0.3, -0.25) is 14.9 Å². The first-order valence-electron chi connectivity index (χ1n) is 6.39. The first-order chi connectivity index (χ1) is 9.12. The molecule has 3 rings (SSSR count). The molecule has 0 bridgehead atoms. The molecule has 0 radical (unpaired) electrons. The Balaban J connectivity index is 2.03.